The number of sulfonamides is 1. The lowest BCUT2D eigenvalue weighted by atomic mass is 10.1. The zero-order valence-electron chi connectivity index (χ0n) is 17.5. The van der Waals surface area contributed by atoms with Crippen LogP contribution in [0, 0.1) is 0 Å². The molecule has 2 aromatic rings. The van der Waals surface area contributed by atoms with Crippen molar-refractivity contribution in [3.05, 3.63) is 65.1 Å². The minimum absolute atomic E-state index is 0.0305. The van der Waals surface area contributed by atoms with Gasteiger partial charge in [0.15, 0.2) is 11.5 Å². The highest BCUT2D eigenvalue weighted by Gasteiger charge is 2.15. The van der Waals surface area contributed by atoms with Gasteiger partial charge < -0.3 is 14.4 Å². The van der Waals surface area contributed by atoms with Crippen LogP contribution in [0.4, 0.5) is 0 Å². The minimum Gasteiger partial charge on any atom is -0.493 e. The second-order valence-corrected chi connectivity index (χ2v) is 8.15. The van der Waals surface area contributed by atoms with Gasteiger partial charge in [-0.05, 0) is 36.3 Å². The summed E-state index contributed by atoms with van der Waals surface area (Å²) in [6.07, 6.45) is 1.58. The Morgan fingerprint density at radius 1 is 1.07 bits per heavy atom. The Labute approximate surface area is 178 Å². The van der Waals surface area contributed by atoms with Gasteiger partial charge in [-0.3, -0.25) is 4.79 Å². The minimum atomic E-state index is -3.62. The molecule has 0 aromatic heterocycles. The summed E-state index contributed by atoms with van der Waals surface area (Å²) in [7, 11) is -0.492. The smallest absolute Gasteiger partial charge is 0.233 e. The molecule has 0 aliphatic heterocycles. The van der Waals surface area contributed by atoms with Crippen molar-refractivity contribution >= 4 is 22.0 Å². The molecule has 0 radical (unpaired) electrons. The molecule has 1 amide bonds. The molecule has 8 heteroatoms. The molecule has 2 aromatic carbocycles. The van der Waals surface area contributed by atoms with Crippen molar-refractivity contribution in [2.45, 2.75) is 19.9 Å². The molecule has 7 nitrogen and oxygen atoms in total. The van der Waals surface area contributed by atoms with E-state index in [2.05, 4.69) is 4.72 Å². The van der Waals surface area contributed by atoms with Crippen LogP contribution in [0.3, 0.4) is 0 Å². The van der Waals surface area contributed by atoms with Gasteiger partial charge in [-0.15, -0.1) is 0 Å². The van der Waals surface area contributed by atoms with Crippen LogP contribution < -0.4 is 14.2 Å². The number of amides is 1. The van der Waals surface area contributed by atoms with Gasteiger partial charge >= 0.3 is 0 Å². The van der Waals surface area contributed by atoms with E-state index in [-0.39, 0.29) is 18.9 Å². The number of nitrogens with zero attached hydrogens (tertiary/aromatic N) is 1. The number of hydrogen-bond donors (Lipinski definition) is 1. The Morgan fingerprint density at radius 2 is 1.77 bits per heavy atom. The lowest BCUT2D eigenvalue weighted by Gasteiger charge is -2.21. The average Bonchev–Trinajstić information content (AvgIpc) is 2.76. The fourth-order valence-corrected chi connectivity index (χ4v) is 3.63. The summed E-state index contributed by atoms with van der Waals surface area (Å²) in [5.74, 6) is 1.08. The third kappa shape index (κ3) is 7.20. The lowest BCUT2D eigenvalue weighted by Crippen LogP contribution is -2.33. The molecule has 0 fully saturated rings. The zero-order valence-corrected chi connectivity index (χ0v) is 18.3. The molecule has 0 atom stereocenters. The molecule has 0 bridgehead atoms. The fourth-order valence-electron chi connectivity index (χ4n) is 2.81. The third-order valence-corrected chi connectivity index (χ3v) is 5.54. The predicted octanol–water partition coefficient (Wildman–Crippen LogP) is 3.03. The standard InChI is InChI=1S/C22H28N2O5S/c1-4-24(17-19-10-11-20(28-2)21(16-19)29-3)22(25)12-14-23-30(26,27)15-13-18-8-6-5-7-9-18/h5-11,13,15-16,23H,4,12,14,17H2,1-3H3/b15-13+. The van der Waals surface area contributed by atoms with E-state index in [0.29, 0.717) is 24.6 Å². The largest absolute Gasteiger partial charge is 0.493 e. The van der Waals surface area contributed by atoms with Crippen LogP contribution >= 0.6 is 0 Å². The quantitative estimate of drug-likeness (QED) is 0.590. The number of nitrogens with one attached hydrogen (secondary N) is 1. The fraction of sp³-hybridized carbons (Fsp3) is 0.318. The molecule has 30 heavy (non-hydrogen) atoms. The summed E-state index contributed by atoms with van der Waals surface area (Å²) in [4.78, 5) is 14.2. The van der Waals surface area contributed by atoms with Crippen molar-refractivity contribution in [2.75, 3.05) is 27.3 Å². The second-order valence-electron chi connectivity index (χ2n) is 6.50. The molecule has 0 unspecified atom stereocenters. The predicted molar refractivity (Wildman–Crippen MR) is 118 cm³/mol. The molecule has 1 N–H and O–H groups in total. The number of carbonyl (C=O) groups excluding carboxylic acids is 1. The first-order valence-corrected chi connectivity index (χ1v) is 11.1. The average molecular weight is 433 g/mol. The van der Waals surface area contributed by atoms with Crippen LogP contribution in [0.1, 0.15) is 24.5 Å². The Hall–Kier alpha value is -2.84. The molecule has 2 rings (SSSR count). The second kappa shape index (κ2) is 11.4. The summed E-state index contributed by atoms with van der Waals surface area (Å²) in [5.41, 5.74) is 1.68. The number of rotatable bonds is 11. The van der Waals surface area contributed by atoms with Crippen LogP contribution in [-0.4, -0.2) is 46.5 Å². The number of ether oxygens (including phenoxy) is 2. The molecule has 0 heterocycles. The SMILES string of the molecule is CCN(Cc1ccc(OC)c(OC)c1)C(=O)CCNS(=O)(=O)/C=C/c1ccccc1. The van der Waals surface area contributed by atoms with Crippen molar-refractivity contribution in [2.24, 2.45) is 0 Å². The Balaban J connectivity index is 1.90. The van der Waals surface area contributed by atoms with Crippen LogP contribution in [0.25, 0.3) is 6.08 Å². The van der Waals surface area contributed by atoms with E-state index in [0.717, 1.165) is 16.5 Å². The van der Waals surface area contributed by atoms with Gasteiger partial charge in [-0.2, -0.15) is 0 Å². The van der Waals surface area contributed by atoms with Crippen molar-refractivity contribution < 1.29 is 22.7 Å². The maximum atomic E-state index is 12.5. The van der Waals surface area contributed by atoms with Crippen LogP contribution in [-0.2, 0) is 21.4 Å². The normalized spacial score (nSPS) is 11.4. The van der Waals surface area contributed by atoms with E-state index < -0.39 is 10.0 Å². The molecule has 162 valence electrons. The van der Waals surface area contributed by atoms with E-state index in [1.54, 1.807) is 25.2 Å². The van der Waals surface area contributed by atoms with Gasteiger partial charge in [0.1, 0.15) is 0 Å². The number of benzene rings is 2. The Kier molecular flexibility index (Phi) is 8.89. The first kappa shape index (κ1) is 23.4. The van der Waals surface area contributed by atoms with Crippen molar-refractivity contribution in [1.29, 1.82) is 0 Å². The number of hydrogen-bond acceptors (Lipinski definition) is 5. The molecule has 0 aliphatic carbocycles. The molecule has 0 spiro atoms. The highest BCUT2D eigenvalue weighted by Crippen LogP contribution is 2.28. The van der Waals surface area contributed by atoms with Gasteiger partial charge in [-0.1, -0.05) is 36.4 Å². The van der Waals surface area contributed by atoms with E-state index in [9.17, 15) is 13.2 Å². The molecular weight excluding hydrogens is 404 g/mol. The van der Waals surface area contributed by atoms with Gasteiger partial charge in [0.25, 0.3) is 0 Å². The zero-order chi connectivity index (χ0) is 22.0. The maximum Gasteiger partial charge on any atom is 0.233 e. The molecule has 0 saturated carbocycles. The topological polar surface area (TPSA) is 84.9 Å². The van der Waals surface area contributed by atoms with E-state index in [1.807, 2.05) is 49.4 Å². The van der Waals surface area contributed by atoms with Gasteiger partial charge in [0.2, 0.25) is 15.9 Å². The van der Waals surface area contributed by atoms with Crippen molar-refractivity contribution in [1.82, 2.24) is 9.62 Å². The van der Waals surface area contributed by atoms with Crippen LogP contribution in [0.5, 0.6) is 11.5 Å². The summed E-state index contributed by atoms with van der Waals surface area (Å²) in [5, 5.41) is 1.11. The molecule has 0 aliphatic rings. The lowest BCUT2D eigenvalue weighted by molar-refractivity contribution is -0.131. The highest BCUT2D eigenvalue weighted by atomic mass is 32.2. The Morgan fingerprint density at radius 3 is 2.40 bits per heavy atom. The van der Waals surface area contributed by atoms with Crippen LogP contribution in [0.15, 0.2) is 53.9 Å². The van der Waals surface area contributed by atoms with Gasteiger partial charge in [0.05, 0.1) is 14.2 Å². The molecular formula is C22H28N2O5S. The Bertz CT molecular complexity index is 959. The summed E-state index contributed by atoms with van der Waals surface area (Å²) < 4.78 is 37.2. The van der Waals surface area contributed by atoms with E-state index >= 15 is 0 Å². The maximum absolute atomic E-state index is 12.5. The van der Waals surface area contributed by atoms with E-state index in [1.165, 1.54) is 6.08 Å². The summed E-state index contributed by atoms with van der Waals surface area (Å²) >= 11 is 0. The number of methoxy groups -OCH3 is 2. The first-order valence-electron chi connectivity index (χ1n) is 9.60. The van der Waals surface area contributed by atoms with E-state index in [4.69, 9.17) is 9.47 Å². The summed E-state index contributed by atoms with van der Waals surface area (Å²) in [6.45, 7) is 2.82. The number of carbonyl (C=O) groups is 1. The van der Waals surface area contributed by atoms with Gasteiger partial charge in [-0.25, -0.2) is 13.1 Å². The monoisotopic (exact) mass is 432 g/mol. The van der Waals surface area contributed by atoms with Crippen molar-refractivity contribution in [3.63, 3.8) is 0 Å². The van der Waals surface area contributed by atoms with Crippen molar-refractivity contribution in [3.8, 4) is 11.5 Å². The summed E-state index contributed by atoms with van der Waals surface area (Å²) in [6, 6.07) is 14.6. The third-order valence-electron chi connectivity index (χ3n) is 4.44. The first-order chi connectivity index (χ1) is 14.4. The highest BCUT2D eigenvalue weighted by molar-refractivity contribution is 7.92. The van der Waals surface area contributed by atoms with Gasteiger partial charge in [0, 0.05) is 31.5 Å². The van der Waals surface area contributed by atoms with Crippen LogP contribution in [0.2, 0.25) is 0 Å². The molecule has 0 saturated heterocycles.